The van der Waals surface area contributed by atoms with E-state index in [-0.39, 0.29) is 17.4 Å². The summed E-state index contributed by atoms with van der Waals surface area (Å²) in [6.45, 7) is 6.88. The van der Waals surface area contributed by atoms with Gasteiger partial charge in [-0.1, -0.05) is 0 Å². The molecule has 1 N–H and O–H groups in total. The van der Waals surface area contributed by atoms with E-state index in [1.54, 1.807) is 4.90 Å². The van der Waals surface area contributed by atoms with Crippen molar-refractivity contribution in [2.45, 2.75) is 45.3 Å². The van der Waals surface area contributed by atoms with Crippen molar-refractivity contribution in [3.8, 4) is 0 Å². The number of amides is 1. The van der Waals surface area contributed by atoms with Gasteiger partial charge in [-0.25, -0.2) is 14.8 Å². The maximum Gasteiger partial charge on any atom is 0.410 e. The Morgan fingerprint density at radius 2 is 2.05 bits per heavy atom. The quantitative estimate of drug-likeness (QED) is 0.902. The topological polar surface area (TPSA) is 80.2 Å². The highest BCUT2D eigenvalue weighted by molar-refractivity contribution is 6.28. The van der Waals surface area contributed by atoms with Gasteiger partial charge in [0.1, 0.15) is 11.9 Å². The van der Waals surface area contributed by atoms with E-state index in [0.29, 0.717) is 19.0 Å². The van der Waals surface area contributed by atoms with Crippen LogP contribution < -0.4 is 5.32 Å². The van der Waals surface area contributed by atoms with Gasteiger partial charge in [-0.3, -0.25) is 0 Å². The zero-order valence-electron chi connectivity index (χ0n) is 12.5. The monoisotopic (exact) mass is 313 g/mol. The van der Waals surface area contributed by atoms with Crippen molar-refractivity contribution in [1.82, 2.24) is 19.9 Å². The van der Waals surface area contributed by atoms with Crippen LogP contribution in [0.5, 0.6) is 0 Å². The molecule has 1 aromatic heterocycles. The fourth-order valence-electron chi connectivity index (χ4n) is 2.06. The molecule has 0 saturated carbocycles. The van der Waals surface area contributed by atoms with Gasteiger partial charge < -0.3 is 15.0 Å². The van der Waals surface area contributed by atoms with Gasteiger partial charge in [-0.05, 0) is 45.2 Å². The summed E-state index contributed by atoms with van der Waals surface area (Å²) in [4.78, 5) is 25.4. The lowest BCUT2D eigenvalue weighted by Crippen LogP contribution is -2.44. The standard InChI is InChI=1S/C13H20ClN5O2/c1-13(2,3)21-12(20)19-6-4-9(5-7-19)17-11-16-8-15-10(14)18-11/h8-9H,4-7H2,1-3H3,(H,15,16,17,18). The van der Waals surface area contributed by atoms with Crippen LogP contribution in [-0.2, 0) is 4.74 Å². The lowest BCUT2D eigenvalue weighted by molar-refractivity contribution is 0.0210. The predicted molar refractivity (Wildman–Crippen MR) is 79.3 cm³/mol. The molecule has 1 amide bonds. The van der Waals surface area contributed by atoms with Crippen molar-refractivity contribution in [2.24, 2.45) is 0 Å². The first-order chi connectivity index (χ1) is 9.83. The third kappa shape index (κ3) is 5.00. The van der Waals surface area contributed by atoms with Gasteiger partial charge in [0, 0.05) is 19.1 Å². The number of ether oxygens (including phenoxy) is 1. The average Bonchev–Trinajstić information content (AvgIpc) is 2.37. The summed E-state index contributed by atoms with van der Waals surface area (Å²) >= 11 is 5.72. The summed E-state index contributed by atoms with van der Waals surface area (Å²) in [5, 5.41) is 3.37. The van der Waals surface area contributed by atoms with E-state index in [1.165, 1.54) is 6.33 Å². The first kappa shape index (κ1) is 15.8. The number of carbonyl (C=O) groups excluding carboxylic acids is 1. The molecule has 0 radical (unpaired) electrons. The van der Waals surface area contributed by atoms with Crippen LogP contribution in [0.2, 0.25) is 5.28 Å². The van der Waals surface area contributed by atoms with Gasteiger partial charge in [-0.2, -0.15) is 4.98 Å². The van der Waals surface area contributed by atoms with Crippen LogP contribution in [0.1, 0.15) is 33.6 Å². The van der Waals surface area contributed by atoms with Gasteiger partial charge in [0.25, 0.3) is 0 Å². The molecule has 7 nitrogen and oxygen atoms in total. The van der Waals surface area contributed by atoms with Crippen LogP contribution in [0.15, 0.2) is 6.33 Å². The van der Waals surface area contributed by atoms with Crippen LogP contribution in [-0.4, -0.2) is 50.7 Å². The number of halogens is 1. The number of nitrogens with one attached hydrogen (secondary N) is 1. The number of piperidine rings is 1. The Balaban J connectivity index is 1.82. The van der Waals surface area contributed by atoms with E-state index >= 15 is 0 Å². The van der Waals surface area contributed by atoms with E-state index in [9.17, 15) is 4.79 Å². The van der Waals surface area contributed by atoms with Crippen LogP contribution in [0.25, 0.3) is 0 Å². The smallest absolute Gasteiger partial charge is 0.410 e. The Bertz CT molecular complexity index is 498. The minimum Gasteiger partial charge on any atom is -0.444 e. The Labute approximate surface area is 129 Å². The Morgan fingerprint density at radius 1 is 1.38 bits per heavy atom. The minimum absolute atomic E-state index is 0.165. The molecule has 0 aromatic carbocycles. The number of hydrogen-bond acceptors (Lipinski definition) is 6. The van der Waals surface area contributed by atoms with E-state index in [0.717, 1.165) is 12.8 Å². The number of carbonyl (C=O) groups is 1. The van der Waals surface area contributed by atoms with Crippen LogP contribution >= 0.6 is 11.6 Å². The lowest BCUT2D eigenvalue weighted by Gasteiger charge is -2.33. The van der Waals surface area contributed by atoms with Crippen molar-refractivity contribution in [1.29, 1.82) is 0 Å². The molecule has 0 atom stereocenters. The summed E-state index contributed by atoms with van der Waals surface area (Å²) < 4.78 is 5.36. The van der Waals surface area contributed by atoms with Crippen LogP contribution in [0.4, 0.5) is 10.7 Å². The van der Waals surface area contributed by atoms with Crippen LogP contribution in [0, 0.1) is 0 Å². The second-order valence-corrected chi connectivity index (χ2v) is 6.30. The van der Waals surface area contributed by atoms with E-state index < -0.39 is 5.60 Å². The van der Waals surface area contributed by atoms with Crippen molar-refractivity contribution in [3.05, 3.63) is 11.6 Å². The number of aromatic nitrogens is 3. The van der Waals surface area contributed by atoms with Gasteiger partial charge >= 0.3 is 6.09 Å². The summed E-state index contributed by atoms with van der Waals surface area (Å²) in [6, 6.07) is 0.210. The molecule has 0 spiro atoms. The van der Waals surface area contributed by atoms with E-state index in [4.69, 9.17) is 16.3 Å². The first-order valence-corrected chi connectivity index (χ1v) is 7.30. The molecule has 1 aliphatic heterocycles. The SMILES string of the molecule is CC(C)(C)OC(=O)N1CCC(Nc2ncnc(Cl)n2)CC1. The van der Waals surface area contributed by atoms with E-state index in [2.05, 4.69) is 20.3 Å². The Kier molecular flexibility index (Phi) is 4.82. The maximum atomic E-state index is 12.0. The molecule has 8 heteroatoms. The number of rotatable bonds is 2. The number of likely N-dealkylation sites (tertiary alicyclic amines) is 1. The van der Waals surface area contributed by atoms with Crippen molar-refractivity contribution in [2.75, 3.05) is 18.4 Å². The highest BCUT2D eigenvalue weighted by Gasteiger charge is 2.27. The second kappa shape index (κ2) is 6.43. The number of hydrogen-bond donors (Lipinski definition) is 1. The summed E-state index contributed by atoms with van der Waals surface area (Å²) in [5.41, 5.74) is -0.464. The van der Waals surface area contributed by atoms with Gasteiger partial charge in [0.05, 0.1) is 0 Å². The minimum atomic E-state index is -0.464. The fourth-order valence-corrected chi connectivity index (χ4v) is 2.19. The zero-order chi connectivity index (χ0) is 15.5. The van der Waals surface area contributed by atoms with Gasteiger partial charge in [0.15, 0.2) is 0 Å². The largest absolute Gasteiger partial charge is 0.444 e. The Hall–Kier alpha value is -1.63. The van der Waals surface area contributed by atoms with Crippen molar-refractivity contribution >= 4 is 23.6 Å². The first-order valence-electron chi connectivity index (χ1n) is 6.92. The molecule has 0 unspecified atom stereocenters. The highest BCUT2D eigenvalue weighted by Crippen LogP contribution is 2.17. The third-order valence-corrected chi connectivity index (χ3v) is 3.20. The number of anilines is 1. The molecule has 1 fully saturated rings. The molecule has 21 heavy (non-hydrogen) atoms. The van der Waals surface area contributed by atoms with Gasteiger partial charge in [-0.15, -0.1) is 0 Å². The van der Waals surface area contributed by atoms with E-state index in [1.807, 2.05) is 20.8 Å². The maximum absolute atomic E-state index is 12.0. The normalized spacial score (nSPS) is 16.7. The molecule has 1 aromatic rings. The summed E-state index contributed by atoms with van der Waals surface area (Å²) in [5.74, 6) is 0.464. The molecule has 116 valence electrons. The van der Waals surface area contributed by atoms with Gasteiger partial charge in [0.2, 0.25) is 11.2 Å². The lowest BCUT2D eigenvalue weighted by atomic mass is 10.1. The molecule has 0 aliphatic carbocycles. The molecular formula is C13H20ClN5O2. The van der Waals surface area contributed by atoms with Crippen LogP contribution in [0.3, 0.4) is 0 Å². The molecule has 1 saturated heterocycles. The molecule has 1 aliphatic rings. The fraction of sp³-hybridized carbons (Fsp3) is 0.692. The highest BCUT2D eigenvalue weighted by atomic mass is 35.5. The summed E-state index contributed by atoms with van der Waals surface area (Å²) in [7, 11) is 0. The average molecular weight is 314 g/mol. The predicted octanol–water partition coefficient (Wildman–Crippen LogP) is 2.34. The zero-order valence-corrected chi connectivity index (χ0v) is 13.2. The second-order valence-electron chi connectivity index (χ2n) is 5.96. The number of nitrogens with zero attached hydrogens (tertiary/aromatic N) is 4. The molecule has 0 bridgehead atoms. The third-order valence-electron chi connectivity index (χ3n) is 3.02. The summed E-state index contributed by atoms with van der Waals surface area (Å²) in [6.07, 6.45) is 2.72. The molecule has 2 heterocycles. The van der Waals surface area contributed by atoms with Crippen molar-refractivity contribution in [3.63, 3.8) is 0 Å². The molecular weight excluding hydrogens is 294 g/mol. The Morgan fingerprint density at radius 3 is 2.62 bits per heavy atom. The molecule has 2 rings (SSSR count). The van der Waals surface area contributed by atoms with Crippen molar-refractivity contribution < 1.29 is 9.53 Å².